The Kier molecular flexibility index (Phi) is 3.24. The van der Waals surface area contributed by atoms with Gasteiger partial charge in [0, 0.05) is 17.5 Å². The second kappa shape index (κ2) is 5.63. The summed E-state index contributed by atoms with van der Waals surface area (Å²) in [5.74, 6) is 0.435. The maximum absolute atomic E-state index is 11.9. The van der Waals surface area contributed by atoms with Crippen LogP contribution in [0.2, 0.25) is 0 Å². The minimum Gasteiger partial charge on any atom is -0.450 e. The normalized spacial score (nSPS) is 13.2. The summed E-state index contributed by atoms with van der Waals surface area (Å²) < 4.78 is 5.97. The summed E-state index contributed by atoms with van der Waals surface area (Å²) in [5.41, 5.74) is 3.38. The predicted octanol–water partition coefficient (Wildman–Crippen LogP) is 3.57. The van der Waals surface area contributed by atoms with Crippen LogP contribution in [0.25, 0.3) is 22.1 Å². The summed E-state index contributed by atoms with van der Waals surface area (Å²) in [7, 11) is 0. The van der Waals surface area contributed by atoms with Crippen molar-refractivity contribution >= 4 is 45.4 Å². The van der Waals surface area contributed by atoms with Crippen LogP contribution >= 0.6 is 0 Å². The number of hydrogen-bond acceptors (Lipinski definition) is 6. The van der Waals surface area contributed by atoms with Crippen LogP contribution in [0.1, 0.15) is 33.5 Å². The van der Waals surface area contributed by atoms with E-state index in [1.165, 1.54) is 0 Å². The van der Waals surface area contributed by atoms with Crippen molar-refractivity contribution in [3.05, 3.63) is 59.4 Å². The van der Waals surface area contributed by atoms with Gasteiger partial charge >= 0.3 is 0 Å². The van der Waals surface area contributed by atoms with Crippen LogP contribution < -0.4 is 10.6 Å². The lowest BCUT2D eigenvalue weighted by Gasteiger charge is -2.08. The van der Waals surface area contributed by atoms with Gasteiger partial charge in [-0.05, 0) is 30.3 Å². The smallest absolute Gasteiger partial charge is 0.259 e. The van der Waals surface area contributed by atoms with E-state index in [4.69, 9.17) is 4.42 Å². The second-order valence-corrected chi connectivity index (χ2v) is 6.29. The van der Waals surface area contributed by atoms with Gasteiger partial charge in [0.05, 0.1) is 11.1 Å². The Morgan fingerprint density at radius 3 is 2.70 bits per heavy atom. The first-order valence-corrected chi connectivity index (χ1v) is 8.59. The number of nitrogens with zero attached hydrogens (tertiary/aromatic N) is 2. The molecule has 132 valence electrons. The first-order valence-electron chi connectivity index (χ1n) is 8.59. The fraction of sp³-hybridized carbons (Fsp3) is 0.100. The Morgan fingerprint density at radius 1 is 1.04 bits per heavy atom. The van der Waals surface area contributed by atoms with Crippen molar-refractivity contribution in [1.82, 2.24) is 15.3 Å². The minimum atomic E-state index is -0.399. The van der Waals surface area contributed by atoms with Crippen LogP contribution in [0.4, 0.5) is 11.5 Å². The van der Waals surface area contributed by atoms with E-state index in [-0.39, 0.29) is 5.91 Å². The largest absolute Gasteiger partial charge is 0.450 e. The van der Waals surface area contributed by atoms with Gasteiger partial charge in [0.2, 0.25) is 0 Å². The van der Waals surface area contributed by atoms with Crippen molar-refractivity contribution < 1.29 is 14.0 Å². The molecule has 0 unspecified atom stereocenters. The van der Waals surface area contributed by atoms with E-state index in [1.54, 1.807) is 18.2 Å². The number of anilines is 2. The molecule has 1 aliphatic rings. The summed E-state index contributed by atoms with van der Waals surface area (Å²) in [6.07, 6.45) is 0.672. The van der Waals surface area contributed by atoms with Crippen LogP contribution in [0.15, 0.2) is 46.9 Å². The molecule has 3 heterocycles. The van der Waals surface area contributed by atoms with E-state index in [1.807, 2.05) is 31.2 Å². The first-order chi connectivity index (χ1) is 13.1. The van der Waals surface area contributed by atoms with Gasteiger partial charge < -0.3 is 9.73 Å². The van der Waals surface area contributed by atoms with Gasteiger partial charge in [-0.2, -0.15) is 0 Å². The number of carbonyl (C=O) groups is 2. The Hall–Kier alpha value is -3.74. The molecule has 0 atom stereocenters. The van der Waals surface area contributed by atoms with Crippen LogP contribution in [0, 0.1) is 0 Å². The number of benzene rings is 2. The van der Waals surface area contributed by atoms with Gasteiger partial charge in [-0.1, -0.05) is 19.1 Å². The van der Waals surface area contributed by atoms with Gasteiger partial charge in [-0.25, -0.2) is 9.97 Å². The fourth-order valence-electron chi connectivity index (χ4n) is 3.26. The first kappa shape index (κ1) is 15.5. The molecule has 2 aromatic heterocycles. The monoisotopic (exact) mass is 358 g/mol. The molecule has 7 heteroatoms. The molecule has 0 radical (unpaired) electrons. The number of aryl methyl sites for hydroxylation is 1. The summed E-state index contributed by atoms with van der Waals surface area (Å²) in [6.45, 7) is 1.98. The highest BCUT2D eigenvalue weighted by Crippen LogP contribution is 2.33. The Labute approximate surface area is 153 Å². The van der Waals surface area contributed by atoms with Crippen molar-refractivity contribution in [2.24, 2.45) is 0 Å². The number of carbonyl (C=O) groups excluding carboxylic acids is 2. The highest BCUT2D eigenvalue weighted by atomic mass is 16.3. The van der Waals surface area contributed by atoms with Crippen molar-refractivity contribution in [3.63, 3.8) is 0 Å². The van der Waals surface area contributed by atoms with Gasteiger partial charge in [-0.15, -0.1) is 0 Å². The molecule has 0 saturated carbocycles. The second-order valence-electron chi connectivity index (χ2n) is 6.29. The van der Waals surface area contributed by atoms with Crippen LogP contribution in [-0.4, -0.2) is 21.8 Å². The lowest BCUT2D eigenvalue weighted by molar-refractivity contribution is 0.0879. The highest BCUT2D eigenvalue weighted by molar-refractivity contribution is 6.21. The zero-order valence-electron chi connectivity index (χ0n) is 14.4. The van der Waals surface area contributed by atoms with E-state index >= 15 is 0 Å². The van der Waals surface area contributed by atoms with Crippen LogP contribution in [-0.2, 0) is 6.42 Å². The van der Waals surface area contributed by atoms with Gasteiger partial charge in [-0.3, -0.25) is 14.9 Å². The van der Waals surface area contributed by atoms with E-state index in [0.29, 0.717) is 40.5 Å². The maximum Gasteiger partial charge on any atom is 0.259 e. The molecule has 7 nitrogen and oxygen atoms in total. The molecule has 0 bridgehead atoms. The molecule has 5 rings (SSSR count). The SMILES string of the molecule is CCc1nc(Nc2ccc3c(c2)C(=O)NC3=O)c2oc3ccccc3c2n1. The van der Waals surface area contributed by atoms with Gasteiger partial charge in [0.15, 0.2) is 11.4 Å². The number of amides is 2. The molecule has 0 aliphatic carbocycles. The molecular weight excluding hydrogens is 344 g/mol. The molecular formula is C20H14N4O3. The molecule has 2 N–H and O–H groups in total. The standard InChI is InChI=1S/C20H14N4O3/c1-2-15-22-16-12-5-3-4-6-14(12)27-17(16)18(23-15)21-10-7-8-11-13(9-10)20(26)24-19(11)25/h3-9H,2H2,1H3,(H,21,22,23)(H,24,25,26). The zero-order valence-corrected chi connectivity index (χ0v) is 14.4. The average Bonchev–Trinajstić information content (AvgIpc) is 3.19. The summed E-state index contributed by atoms with van der Waals surface area (Å²) in [5, 5.41) is 6.42. The number of nitrogens with one attached hydrogen (secondary N) is 2. The number of fused-ring (bicyclic) bond motifs is 4. The molecule has 0 spiro atoms. The number of para-hydroxylation sites is 1. The third kappa shape index (κ3) is 2.36. The molecule has 27 heavy (non-hydrogen) atoms. The summed E-state index contributed by atoms with van der Waals surface area (Å²) in [4.78, 5) is 32.8. The molecule has 4 aromatic rings. The third-order valence-corrected chi connectivity index (χ3v) is 4.58. The molecule has 2 amide bonds. The molecule has 0 saturated heterocycles. The summed E-state index contributed by atoms with van der Waals surface area (Å²) >= 11 is 0. The quantitative estimate of drug-likeness (QED) is 0.544. The summed E-state index contributed by atoms with van der Waals surface area (Å²) in [6, 6.07) is 12.7. The van der Waals surface area contributed by atoms with Crippen molar-refractivity contribution in [2.75, 3.05) is 5.32 Å². The Morgan fingerprint density at radius 2 is 1.85 bits per heavy atom. The van der Waals surface area contributed by atoms with Gasteiger partial charge in [0.1, 0.15) is 16.9 Å². The van der Waals surface area contributed by atoms with Crippen molar-refractivity contribution in [3.8, 4) is 0 Å². The Balaban J connectivity index is 1.66. The number of imide groups is 1. The average molecular weight is 358 g/mol. The predicted molar refractivity (Wildman–Crippen MR) is 100 cm³/mol. The molecule has 2 aromatic carbocycles. The zero-order chi connectivity index (χ0) is 18.5. The highest BCUT2D eigenvalue weighted by Gasteiger charge is 2.27. The van der Waals surface area contributed by atoms with Crippen LogP contribution in [0.5, 0.6) is 0 Å². The van der Waals surface area contributed by atoms with Crippen molar-refractivity contribution in [1.29, 1.82) is 0 Å². The van der Waals surface area contributed by atoms with Crippen molar-refractivity contribution in [2.45, 2.75) is 13.3 Å². The van der Waals surface area contributed by atoms with Gasteiger partial charge in [0.25, 0.3) is 11.8 Å². The molecule has 1 aliphatic heterocycles. The fourth-order valence-corrected chi connectivity index (χ4v) is 3.26. The lowest BCUT2D eigenvalue weighted by atomic mass is 10.1. The number of furan rings is 1. The van der Waals surface area contributed by atoms with Crippen LogP contribution in [0.3, 0.4) is 0 Å². The molecule has 0 fully saturated rings. The van der Waals surface area contributed by atoms with E-state index < -0.39 is 5.91 Å². The number of aromatic nitrogens is 2. The van der Waals surface area contributed by atoms with E-state index in [2.05, 4.69) is 20.6 Å². The lowest BCUT2D eigenvalue weighted by Crippen LogP contribution is -2.19. The minimum absolute atomic E-state index is 0.343. The third-order valence-electron chi connectivity index (χ3n) is 4.58. The maximum atomic E-state index is 11.9. The number of rotatable bonds is 3. The van der Waals surface area contributed by atoms with E-state index in [9.17, 15) is 9.59 Å². The Bertz CT molecular complexity index is 1260. The number of hydrogen-bond donors (Lipinski definition) is 2. The topological polar surface area (TPSA) is 97.1 Å². The van der Waals surface area contributed by atoms with E-state index in [0.717, 1.165) is 16.5 Å².